The fourth-order valence-corrected chi connectivity index (χ4v) is 5.43. The number of anilines is 3. The van der Waals surface area contributed by atoms with Crippen molar-refractivity contribution in [3.05, 3.63) is 102 Å². The molecule has 0 bridgehead atoms. The Balaban J connectivity index is 1.56. The monoisotopic (exact) mass is 563 g/mol. The largest absolute Gasteiger partial charge is 0.398 e. The summed E-state index contributed by atoms with van der Waals surface area (Å²) in [6, 6.07) is 17.4. The molecule has 0 fully saturated rings. The van der Waals surface area contributed by atoms with Crippen LogP contribution in [0.1, 0.15) is 10.4 Å². The smallest absolute Gasteiger partial charge is 0.264 e. The summed E-state index contributed by atoms with van der Waals surface area (Å²) >= 11 is 0. The predicted octanol–water partition coefficient (Wildman–Crippen LogP) is 5.05. The van der Waals surface area contributed by atoms with Gasteiger partial charge in [-0.05, 0) is 71.3 Å². The molecule has 0 radical (unpaired) electrons. The fourth-order valence-electron chi connectivity index (χ4n) is 4.20. The zero-order valence-corrected chi connectivity index (χ0v) is 21.3. The number of amides is 1. The zero-order chi connectivity index (χ0) is 28.8. The second-order valence-corrected chi connectivity index (χ2v) is 10.5. The lowest BCUT2D eigenvalue weighted by Crippen LogP contribution is -2.16. The molecule has 5 aromatic rings. The second-order valence-electron chi connectivity index (χ2n) is 8.87. The summed E-state index contributed by atoms with van der Waals surface area (Å²) in [5, 5.41) is 0.611. The minimum absolute atomic E-state index is 0.0853. The van der Waals surface area contributed by atoms with Crippen LogP contribution in [0.15, 0.2) is 83.8 Å². The molecule has 1 heterocycles. The van der Waals surface area contributed by atoms with Gasteiger partial charge in [0.05, 0.1) is 22.5 Å². The molecule has 1 aromatic heterocycles. The van der Waals surface area contributed by atoms with Gasteiger partial charge in [-0.3, -0.25) is 9.52 Å². The number of benzene rings is 4. The van der Waals surface area contributed by atoms with Gasteiger partial charge in [0, 0.05) is 17.0 Å². The Morgan fingerprint density at radius 2 is 1.48 bits per heavy atom. The molecule has 4 aromatic carbocycles. The van der Waals surface area contributed by atoms with Crippen molar-refractivity contribution in [2.45, 2.75) is 4.90 Å². The third-order valence-electron chi connectivity index (χ3n) is 6.20. The van der Waals surface area contributed by atoms with Gasteiger partial charge in [0.25, 0.3) is 15.9 Å². The molecule has 1 amide bonds. The van der Waals surface area contributed by atoms with Gasteiger partial charge < -0.3 is 17.2 Å². The third-order valence-corrected chi connectivity index (χ3v) is 7.62. The van der Waals surface area contributed by atoms with E-state index in [9.17, 15) is 26.4 Å². The number of carbonyl (C=O) groups excluding carboxylic acids is 1. The lowest BCUT2D eigenvalue weighted by Gasteiger charge is -2.13. The number of halogens is 3. The topological polar surface area (TPSA) is 154 Å². The standard InChI is InChI=1S/C28H20F3N5O3S/c29-18-4-8-25(22(31)13-18)36-40(38,39)26-12-15(2-6-23(26)32)14-3-7-24-17(9-14)11-19(27(33)35-24)16-1-5-21(30)20(10-16)28(34)37/h1-13,36H,32H2,(H2,33,35)(H2,34,37). The molecule has 0 atom stereocenters. The summed E-state index contributed by atoms with van der Waals surface area (Å²) in [7, 11) is -4.35. The molecule has 202 valence electrons. The van der Waals surface area contributed by atoms with Crippen LogP contribution in [0.5, 0.6) is 0 Å². The van der Waals surface area contributed by atoms with E-state index in [2.05, 4.69) is 9.71 Å². The van der Waals surface area contributed by atoms with Gasteiger partial charge >= 0.3 is 0 Å². The molecule has 0 spiro atoms. The van der Waals surface area contributed by atoms with E-state index >= 15 is 0 Å². The molecule has 5 rings (SSSR count). The van der Waals surface area contributed by atoms with Gasteiger partial charge in [0.1, 0.15) is 28.2 Å². The van der Waals surface area contributed by atoms with Crippen molar-refractivity contribution in [3.63, 3.8) is 0 Å². The number of sulfonamides is 1. The number of nitrogens with zero attached hydrogens (tertiary/aromatic N) is 1. The van der Waals surface area contributed by atoms with E-state index in [1.807, 2.05) is 0 Å². The van der Waals surface area contributed by atoms with Gasteiger partial charge in [-0.1, -0.05) is 18.2 Å². The highest BCUT2D eigenvalue weighted by Gasteiger charge is 2.21. The summed E-state index contributed by atoms with van der Waals surface area (Å²) in [4.78, 5) is 15.7. The molecule has 0 aliphatic carbocycles. The Morgan fingerprint density at radius 3 is 2.20 bits per heavy atom. The van der Waals surface area contributed by atoms with Gasteiger partial charge in [-0.15, -0.1) is 0 Å². The molecular weight excluding hydrogens is 543 g/mol. The van der Waals surface area contributed by atoms with Crippen LogP contribution in [0.4, 0.5) is 30.4 Å². The number of primary amides is 1. The minimum Gasteiger partial charge on any atom is -0.398 e. The average Bonchev–Trinajstić information content (AvgIpc) is 2.90. The highest BCUT2D eigenvalue weighted by Crippen LogP contribution is 2.34. The van der Waals surface area contributed by atoms with Gasteiger partial charge in [0.15, 0.2) is 0 Å². The summed E-state index contributed by atoms with van der Waals surface area (Å²) in [5.74, 6) is -3.50. The minimum atomic E-state index is -4.35. The number of nitrogen functional groups attached to an aromatic ring is 2. The number of nitrogens with one attached hydrogen (secondary N) is 1. The Morgan fingerprint density at radius 1 is 0.775 bits per heavy atom. The summed E-state index contributed by atoms with van der Waals surface area (Å²) in [6.45, 7) is 0. The van der Waals surface area contributed by atoms with Crippen molar-refractivity contribution in [2.24, 2.45) is 5.73 Å². The van der Waals surface area contributed by atoms with E-state index in [1.54, 1.807) is 30.3 Å². The third kappa shape index (κ3) is 4.99. The van der Waals surface area contributed by atoms with Gasteiger partial charge in [-0.2, -0.15) is 0 Å². The molecule has 8 nitrogen and oxygen atoms in total. The van der Waals surface area contributed by atoms with Crippen LogP contribution in [0, 0.1) is 17.5 Å². The van der Waals surface area contributed by atoms with Crippen LogP contribution in [-0.4, -0.2) is 19.3 Å². The Kier molecular flexibility index (Phi) is 6.56. The number of nitrogens with two attached hydrogens (primary N) is 3. The zero-order valence-electron chi connectivity index (χ0n) is 20.5. The Bertz CT molecular complexity index is 1950. The molecule has 0 aliphatic heterocycles. The number of fused-ring (bicyclic) bond motifs is 1. The van der Waals surface area contributed by atoms with Crippen LogP contribution in [0.25, 0.3) is 33.2 Å². The SMILES string of the molecule is NC(=O)c1cc(-c2cc3cc(-c4ccc(N)c(S(=O)(=O)Nc5ccc(F)cc5F)c4)ccc3nc2N)ccc1F. The maximum Gasteiger partial charge on any atom is 0.264 e. The van der Waals surface area contributed by atoms with E-state index in [-0.39, 0.29) is 22.0 Å². The number of aromatic nitrogens is 1. The van der Waals surface area contributed by atoms with Gasteiger partial charge in [-0.25, -0.2) is 26.6 Å². The van der Waals surface area contributed by atoms with Gasteiger partial charge in [0.2, 0.25) is 0 Å². The summed E-state index contributed by atoms with van der Waals surface area (Å²) in [6.07, 6.45) is 0. The second kappa shape index (κ2) is 9.89. The summed E-state index contributed by atoms with van der Waals surface area (Å²) in [5.41, 5.74) is 19.0. The molecule has 7 N–H and O–H groups in total. The van der Waals surface area contributed by atoms with E-state index < -0.39 is 39.1 Å². The maximum atomic E-state index is 14.1. The Hall–Kier alpha value is -5.10. The number of pyridine rings is 1. The molecule has 40 heavy (non-hydrogen) atoms. The van der Waals surface area contributed by atoms with Crippen molar-refractivity contribution in [2.75, 3.05) is 16.2 Å². The van der Waals surface area contributed by atoms with Crippen molar-refractivity contribution < 1.29 is 26.4 Å². The fraction of sp³-hybridized carbons (Fsp3) is 0. The lowest BCUT2D eigenvalue weighted by atomic mass is 9.99. The van der Waals surface area contributed by atoms with Crippen molar-refractivity contribution in [3.8, 4) is 22.3 Å². The molecular formula is C28H20F3N5O3S. The molecule has 0 unspecified atom stereocenters. The Labute approximate surface area is 226 Å². The first kappa shape index (κ1) is 26.5. The first-order valence-electron chi connectivity index (χ1n) is 11.6. The number of rotatable bonds is 6. The lowest BCUT2D eigenvalue weighted by molar-refractivity contribution is 0.0996. The van der Waals surface area contributed by atoms with Crippen LogP contribution in [0.2, 0.25) is 0 Å². The van der Waals surface area contributed by atoms with E-state index in [1.165, 1.54) is 24.3 Å². The quantitative estimate of drug-likeness (QED) is 0.212. The van der Waals surface area contributed by atoms with Crippen LogP contribution in [0.3, 0.4) is 0 Å². The number of hydrogen-bond acceptors (Lipinski definition) is 6. The number of hydrogen-bond donors (Lipinski definition) is 4. The van der Waals surface area contributed by atoms with E-state index in [0.29, 0.717) is 39.2 Å². The van der Waals surface area contributed by atoms with Crippen molar-refractivity contribution in [1.29, 1.82) is 0 Å². The average molecular weight is 564 g/mol. The van der Waals surface area contributed by atoms with Crippen LogP contribution >= 0.6 is 0 Å². The predicted molar refractivity (Wildman–Crippen MR) is 147 cm³/mol. The number of carbonyl (C=O) groups is 1. The van der Waals surface area contributed by atoms with Crippen LogP contribution < -0.4 is 21.9 Å². The molecule has 12 heteroatoms. The van der Waals surface area contributed by atoms with Crippen molar-refractivity contribution in [1.82, 2.24) is 4.98 Å². The molecule has 0 aliphatic rings. The first-order chi connectivity index (χ1) is 18.9. The highest BCUT2D eigenvalue weighted by atomic mass is 32.2. The summed E-state index contributed by atoms with van der Waals surface area (Å²) < 4.78 is 69.6. The highest BCUT2D eigenvalue weighted by molar-refractivity contribution is 7.92. The molecule has 0 saturated heterocycles. The molecule has 0 saturated carbocycles. The van der Waals surface area contributed by atoms with E-state index in [4.69, 9.17) is 17.2 Å². The maximum absolute atomic E-state index is 14.1. The van der Waals surface area contributed by atoms with E-state index in [0.717, 1.165) is 18.2 Å². The van der Waals surface area contributed by atoms with Crippen LogP contribution in [-0.2, 0) is 10.0 Å². The normalized spacial score (nSPS) is 11.5. The first-order valence-corrected chi connectivity index (χ1v) is 13.1. The van der Waals surface area contributed by atoms with Crippen molar-refractivity contribution >= 4 is 44.0 Å².